The molecule has 6 heteroatoms. The van der Waals surface area contributed by atoms with E-state index in [1.54, 1.807) is 19.2 Å². The van der Waals surface area contributed by atoms with E-state index in [2.05, 4.69) is 37.2 Å². The molecule has 104 valence electrons. The predicted octanol–water partition coefficient (Wildman–Crippen LogP) is 2.81. The summed E-state index contributed by atoms with van der Waals surface area (Å²) in [7, 11) is 1.61. The van der Waals surface area contributed by atoms with Crippen molar-refractivity contribution >= 4 is 43.7 Å². The quantitative estimate of drug-likeness (QED) is 0.838. The summed E-state index contributed by atoms with van der Waals surface area (Å²) in [5, 5.41) is 2.74. The molecule has 19 heavy (non-hydrogen) atoms. The minimum atomic E-state index is -0.195. The van der Waals surface area contributed by atoms with Crippen molar-refractivity contribution in [1.29, 1.82) is 0 Å². The lowest BCUT2D eigenvalue weighted by molar-refractivity contribution is -0.121. The van der Waals surface area contributed by atoms with Crippen molar-refractivity contribution in [3.63, 3.8) is 0 Å². The molecule has 0 unspecified atom stereocenters. The van der Waals surface area contributed by atoms with Gasteiger partial charge in [-0.2, -0.15) is 0 Å². The Kier molecular flexibility index (Phi) is 6.51. The van der Waals surface area contributed by atoms with E-state index in [1.165, 1.54) is 4.90 Å². The molecule has 0 aliphatic heterocycles. The molecule has 0 atom stereocenters. The number of hydrogen-bond acceptors (Lipinski definition) is 2. The summed E-state index contributed by atoms with van der Waals surface area (Å²) in [5.74, 6) is -0.344. The van der Waals surface area contributed by atoms with Gasteiger partial charge in [0.25, 0.3) is 5.91 Å². The Morgan fingerprint density at radius 3 is 2.63 bits per heavy atom. The highest BCUT2D eigenvalue weighted by Gasteiger charge is 2.17. The van der Waals surface area contributed by atoms with Crippen molar-refractivity contribution < 1.29 is 9.59 Å². The molecule has 1 rings (SSSR count). The fourth-order valence-electron chi connectivity index (χ4n) is 1.47. The Bertz CT molecular complexity index is 478. The van der Waals surface area contributed by atoms with E-state index in [9.17, 15) is 9.59 Å². The van der Waals surface area contributed by atoms with Crippen molar-refractivity contribution in [1.82, 2.24) is 10.2 Å². The van der Waals surface area contributed by atoms with Gasteiger partial charge in [0.2, 0.25) is 5.91 Å². The summed E-state index contributed by atoms with van der Waals surface area (Å²) < 4.78 is 1.53. The van der Waals surface area contributed by atoms with E-state index in [4.69, 9.17) is 0 Å². The van der Waals surface area contributed by atoms with Crippen LogP contribution in [0.25, 0.3) is 0 Å². The van der Waals surface area contributed by atoms with Gasteiger partial charge in [0.15, 0.2) is 0 Å². The smallest absolute Gasteiger partial charge is 0.255 e. The number of nitrogens with one attached hydrogen (secondary N) is 1. The standard InChI is InChI=1S/C13H16Br2N2O2/c1-3-6-16-12(18)8-17(2)13(19)10-7-9(14)4-5-11(10)15/h4-5,7H,3,6,8H2,1-2H3,(H,16,18). The highest BCUT2D eigenvalue weighted by molar-refractivity contribution is 9.11. The number of benzene rings is 1. The lowest BCUT2D eigenvalue weighted by Crippen LogP contribution is -2.38. The zero-order chi connectivity index (χ0) is 14.4. The number of likely N-dealkylation sites (N-methyl/N-ethyl adjacent to an activating group) is 1. The third-order valence-electron chi connectivity index (χ3n) is 2.46. The van der Waals surface area contributed by atoms with E-state index in [0.29, 0.717) is 16.6 Å². The zero-order valence-corrected chi connectivity index (χ0v) is 14.0. The fraction of sp³-hybridized carbons (Fsp3) is 0.385. The average Bonchev–Trinajstić information content (AvgIpc) is 2.38. The third-order valence-corrected chi connectivity index (χ3v) is 3.64. The van der Waals surface area contributed by atoms with Crippen LogP contribution in [0.1, 0.15) is 23.7 Å². The number of rotatable bonds is 5. The molecule has 0 heterocycles. The average molecular weight is 392 g/mol. The van der Waals surface area contributed by atoms with Gasteiger partial charge in [0.05, 0.1) is 12.1 Å². The van der Waals surface area contributed by atoms with Gasteiger partial charge in [0.1, 0.15) is 0 Å². The highest BCUT2D eigenvalue weighted by Crippen LogP contribution is 2.22. The Morgan fingerprint density at radius 2 is 2.00 bits per heavy atom. The van der Waals surface area contributed by atoms with Crippen LogP contribution in [-0.2, 0) is 4.79 Å². The van der Waals surface area contributed by atoms with E-state index in [1.807, 2.05) is 13.0 Å². The molecule has 0 saturated carbocycles. The lowest BCUT2D eigenvalue weighted by Gasteiger charge is -2.17. The number of halogens is 2. The van der Waals surface area contributed by atoms with E-state index in [0.717, 1.165) is 10.9 Å². The van der Waals surface area contributed by atoms with Gasteiger partial charge in [-0.05, 0) is 40.5 Å². The molecule has 0 saturated heterocycles. The van der Waals surface area contributed by atoms with Crippen molar-refractivity contribution in [2.75, 3.05) is 20.1 Å². The molecule has 1 aromatic rings. The van der Waals surface area contributed by atoms with Gasteiger partial charge in [0, 0.05) is 22.5 Å². The Balaban J connectivity index is 2.71. The maximum Gasteiger partial charge on any atom is 0.255 e. The van der Waals surface area contributed by atoms with Crippen molar-refractivity contribution in [3.05, 3.63) is 32.7 Å². The number of carbonyl (C=O) groups excluding carboxylic acids is 2. The normalized spacial score (nSPS) is 10.1. The van der Waals surface area contributed by atoms with Gasteiger partial charge in [-0.3, -0.25) is 9.59 Å². The molecule has 0 radical (unpaired) electrons. The van der Waals surface area contributed by atoms with Crippen molar-refractivity contribution in [3.8, 4) is 0 Å². The molecule has 0 aliphatic carbocycles. The van der Waals surface area contributed by atoms with Crippen LogP contribution in [0.2, 0.25) is 0 Å². The predicted molar refractivity (Wildman–Crippen MR) is 82.1 cm³/mol. The molecule has 0 aliphatic rings. The second-order valence-electron chi connectivity index (χ2n) is 4.14. The topological polar surface area (TPSA) is 49.4 Å². The fourth-order valence-corrected chi connectivity index (χ4v) is 2.25. The largest absolute Gasteiger partial charge is 0.355 e. The summed E-state index contributed by atoms with van der Waals surface area (Å²) >= 11 is 6.67. The molecular weight excluding hydrogens is 376 g/mol. The Labute approximate surface area is 129 Å². The lowest BCUT2D eigenvalue weighted by atomic mass is 10.2. The molecule has 0 fully saturated rings. The van der Waals surface area contributed by atoms with Gasteiger partial charge in [-0.1, -0.05) is 22.9 Å². The highest BCUT2D eigenvalue weighted by atomic mass is 79.9. The third kappa shape index (κ3) is 4.95. The van der Waals surface area contributed by atoms with Gasteiger partial charge in [-0.15, -0.1) is 0 Å². The number of amides is 2. The summed E-state index contributed by atoms with van der Waals surface area (Å²) in [6.07, 6.45) is 0.876. The molecule has 1 aromatic carbocycles. The summed E-state index contributed by atoms with van der Waals surface area (Å²) in [6, 6.07) is 5.37. The van der Waals surface area contributed by atoms with Crippen LogP contribution < -0.4 is 5.32 Å². The molecule has 4 nitrogen and oxygen atoms in total. The molecular formula is C13H16Br2N2O2. The minimum Gasteiger partial charge on any atom is -0.355 e. The molecule has 0 aromatic heterocycles. The second-order valence-corrected chi connectivity index (χ2v) is 5.91. The Morgan fingerprint density at radius 1 is 1.32 bits per heavy atom. The van der Waals surface area contributed by atoms with Crippen LogP contribution in [0.15, 0.2) is 27.1 Å². The molecule has 0 spiro atoms. The first-order chi connectivity index (χ1) is 8.95. The second kappa shape index (κ2) is 7.65. The van der Waals surface area contributed by atoms with Crippen LogP contribution in [0.4, 0.5) is 0 Å². The monoisotopic (exact) mass is 390 g/mol. The van der Waals surface area contributed by atoms with Crippen LogP contribution in [0.5, 0.6) is 0 Å². The number of carbonyl (C=O) groups is 2. The van der Waals surface area contributed by atoms with Crippen LogP contribution in [0.3, 0.4) is 0 Å². The first-order valence-corrected chi connectivity index (χ1v) is 7.51. The first-order valence-electron chi connectivity index (χ1n) is 5.93. The van der Waals surface area contributed by atoms with Crippen LogP contribution in [0, 0.1) is 0 Å². The molecule has 1 N–H and O–H groups in total. The SMILES string of the molecule is CCCNC(=O)CN(C)C(=O)c1cc(Br)ccc1Br. The molecule has 2 amide bonds. The minimum absolute atomic E-state index is 0.0534. The maximum atomic E-state index is 12.2. The van der Waals surface area contributed by atoms with E-state index >= 15 is 0 Å². The molecule has 0 bridgehead atoms. The van der Waals surface area contributed by atoms with Gasteiger partial charge in [-0.25, -0.2) is 0 Å². The van der Waals surface area contributed by atoms with Crippen molar-refractivity contribution in [2.24, 2.45) is 0 Å². The Hall–Kier alpha value is -0.880. The van der Waals surface area contributed by atoms with Crippen LogP contribution >= 0.6 is 31.9 Å². The first kappa shape index (κ1) is 16.2. The van der Waals surface area contributed by atoms with Crippen LogP contribution in [-0.4, -0.2) is 36.9 Å². The van der Waals surface area contributed by atoms with E-state index < -0.39 is 0 Å². The maximum absolute atomic E-state index is 12.2. The van der Waals surface area contributed by atoms with Crippen molar-refractivity contribution in [2.45, 2.75) is 13.3 Å². The summed E-state index contributed by atoms with van der Waals surface area (Å²) in [5.41, 5.74) is 0.528. The van der Waals surface area contributed by atoms with Gasteiger partial charge >= 0.3 is 0 Å². The summed E-state index contributed by atoms with van der Waals surface area (Å²) in [4.78, 5) is 25.2. The zero-order valence-electron chi connectivity index (χ0n) is 10.9. The van der Waals surface area contributed by atoms with Gasteiger partial charge < -0.3 is 10.2 Å². The van der Waals surface area contributed by atoms with E-state index in [-0.39, 0.29) is 18.4 Å². The summed E-state index contributed by atoms with van der Waals surface area (Å²) in [6.45, 7) is 2.66. The number of hydrogen-bond donors (Lipinski definition) is 1. The number of nitrogens with zero attached hydrogens (tertiary/aromatic N) is 1.